The van der Waals surface area contributed by atoms with Crippen molar-refractivity contribution < 1.29 is 4.79 Å². The third kappa shape index (κ3) is 4.51. The lowest BCUT2D eigenvalue weighted by Gasteiger charge is -2.32. The first kappa shape index (κ1) is 19.3. The number of carbonyl (C=O) groups is 1. The summed E-state index contributed by atoms with van der Waals surface area (Å²) in [5.74, 6) is 1.72. The molecule has 7 nitrogen and oxygen atoms in total. The van der Waals surface area contributed by atoms with Gasteiger partial charge in [0.2, 0.25) is 5.91 Å². The van der Waals surface area contributed by atoms with Crippen molar-refractivity contribution in [1.82, 2.24) is 24.8 Å². The van der Waals surface area contributed by atoms with E-state index in [1.165, 1.54) is 0 Å². The summed E-state index contributed by atoms with van der Waals surface area (Å²) in [4.78, 5) is 29.5. The van der Waals surface area contributed by atoms with E-state index in [9.17, 15) is 4.79 Å². The molecule has 150 valence electrons. The molecule has 4 rings (SSSR count). The van der Waals surface area contributed by atoms with Crippen molar-refractivity contribution in [3.8, 4) is 11.4 Å². The number of hydrogen-bond acceptors (Lipinski definition) is 6. The van der Waals surface area contributed by atoms with Crippen LogP contribution in [0.4, 0.5) is 5.82 Å². The predicted octanol–water partition coefficient (Wildman–Crippen LogP) is 2.66. The number of likely N-dealkylation sites (tertiary alicyclic amines) is 1. The second kappa shape index (κ2) is 8.53. The molecular formula is C22H26N6O. The zero-order chi connectivity index (χ0) is 20.2. The van der Waals surface area contributed by atoms with Gasteiger partial charge in [0.1, 0.15) is 5.82 Å². The molecule has 1 aliphatic heterocycles. The number of carbonyl (C=O) groups excluding carboxylic acids is 1. The third-order valence-electron chi connectivity index (χ3n) is 5.33. The summed E-state index contributed by atoms with van der Waals surface area (Å²) in [6.45, 7) is 2.29. The van der Waals surface area contributed by atoms with E-state index in [1.54, 1.807) is 31.4 Å². The first-order valence-electron chi connectivity index (χ1n) is 9.96. The van der Waals surface area contributed by atoms with Gasteiger partial charge in [-0.1, -0.05) is 12.1 Å². The molecule has 1 aliphatic rings. The van der Waals surface area contributed by atoms with Crippen LogP contribution in [0.3, 0.4) is 0 Å². The van der Waals surface area contributed by atoms with Gasteiger partial charge in [-0.05, 0) is 37.1 Å². The Labute approximate surface area is 170 Å². The number of nitrogens with zero attached hydrogens (tertiary/aromatic N) is 5. The quantitative estimate of drug-likeness (QED) is 0.722. The van der Waals surface area contributed by atoms with Crippen molar-refractivity contribution in [3.05, 3.63) is 48.8 Å². The van der Waals surface area contributed by atoms with Crippen molar-refractivity contribution in [1.29, 1.82) is 0 Å². The fraction of sp³-hybridized carbons (Fsp3) is 0.364. The molecule has 1 amide bonds. The molecule has 0 radical (unpaired) electrons. The zero-order valence-corrected chi connectivity index (χ0v) is 16.9. The van der Waals surface area contributed by atoms with Crippen molar-refractivity contribution in [2.45, 2.75) is 18.9 Å². The van der Waals surface area contributed by atoms with Gasteiger partial charge in [-0.2, -0.15) is 0 Å². The summed E-state index contributed by atoms with van der Waals surface area (Å²) in [7, 11) is 3.61. The van der Waals surface area contributed by atoms with Gasteiger partial charge in [0.05, 0.1) is 12.1 Å². The lowest BCUT2D eigenvalue weighted by Crippen LogP contribution is -2.44. The van der Waals surface area contributed by atoms with Gasteiger partial charge in [-0.15, -0.1) is 0 Å². The second-order valence-corrected chi connectivity index (χ2v) is 7.63. The largest absolute Gasteiger partial charge is 0.367 e. The summed E-state index contributed by atoms with van der Waals surface area (Å²) in [5.41, 5.74) is 1.87. The molecule has 0 bridgehead atoms. The maximum absolute atomic E-state index is 11.9. The Kier molecular flexibility index (Phi) is 5.67. The van der Waals surface area contributed by atoms with Crippen molar-refractivity contribution in [2.75, 3.05) is 39.0 Å². The number of hydrogen-bond donors (Lipinski definition) is 1. The van der Waals surface area contributed by atoms with Crippen LogP contribution in [0.25, 0.3) is 22.3 Å². The molecule has 0 spiro atoms. The molecule has 29 heavy (non-hydrogen) atoms. The van der Waals surface area contributed by atoms with Gasteiger partial charge in [0, 0.05) is 56.6 Å². The van der Waals surface area contributed by atoms with E-state index >= 15 is 0 Å². The Morgan fingerprint density at radius 1 is 1.10 bits per heavy atom. The number of piperidine rings is 1. The van der Waals surface area contributed by atoms with Gasteiger partial charge in [-0.25, -0.2) is 9.97 Å². The minimum atomic E-state index is 0.153. The smallest absolute Gasteiger partial charge is 0.236 e. The maximum Gasteiger partial charge on any atom is 0.236 e. The number of anilines is 1. The zero-order valence-electron chi connectivity index (χ0n) is 16.9. The first-order chi connectivity index (χ1) is 14.1. The summed E-state index contributed by atoms with van der Waals surface area (Å²) < 4.78 is 0. The van der Waals surface area contributed by atoms with Crippen LogP contribution in [0.2, 0.25) is 0 Å². The SMILES string of the molecule is CN(C)C(=O)CN1CCC(Nc2nc(-c3ccncc3)nc3ccccc23)CC1. The van der Waals surface area contributed by atoms with Crippen LogP contribution in [0, 0.1) is 0 Å². The molecule has 1 aromatic carbocycles. The molecule has 0 saturated carbocycles. The molecule has 0 aliphatic carbocycles. The topological polar surface area (TPSA) is 74.2 Å². The van der Waals surface area contributed by atoms with Crippen molar-refractivity contribution in [3.63, 3.8) is 0 Å². The average Bonchev–Trinajstić information content (AvgIpc) is 2.75. The molecule has 0 unspecified atom stereocenters. The molecule has 1 fully saturated rings. The minimum absolute atomic E-state index is 0.153. The fourth-order valence-corrected chi connectivity index (χ4v) is 3.58. The van der Waals surface area contributed by atoms with E-state index in [1.807, 2.05) is 30.3 Å². The Balaban J connectivity index is 1.52. The van der Waals surface area contributed by atoms with Gasteiger partial charge in [0.25, 0.3) is 0 Å². The number of benzene rings is 1. The number of aromatic nitrogens is 3. The molecular weight excluding hydrogens is 364 g/mol. The van der Waals surface area contributed by atoms with E-state index < -0.39 is 0 Å². The number of fused-ring (bicyclic) bond motifs is 1. The number of amides is 1. The van der Waals surface area contributed by atoms with Gasteiger partial charge < -0.3 is 10.2 Å². The van der Waals surface area contributed by atoms with E-state index in [2.05, 4.69) is 21.3 Å². The lowest BCUT2D eigenvalue weighted by molar-refractivity contribution is -0.130. The van der Waals surface area contributed by atoms with Crippen LogP contribution in [-0.4, -0.2) is 70.4 Å². The number of pyridine rings is 1. The van der Waals surface area contributed by atoms with E-state index in [-0.39, 0.29) is 5.91 Å². The molecule has 2 aromatic heterocycles. The number of para-hydroxylation sites is 1. The minimum Gasteiger partial charge on any atom is -0.367 e. The number of rotatable bonds is 5. The number of likely N-dealkylation sites (N-methyl/N-ethyl adjacent to an activating group) is 1. The summed E-state index contributed by atoms with van der Waals surface area (Å²) >= 11 is 0. The van der Waals surface area contributed by atoms with Crippen LogP contribution in [0.1, 0.15) is 12.8 Å². The Morgan fingerprint density at radius 3 is 2.55 bits per heavy atom. The summed E-state index contributed by atoms with van der Waals surface area (Å²) in [5, 5.41) is 4.67. The van der Waals surface area contributed by atoms with Crippen LogP contribution in [0.15, 0.2) is 48.8 Å². The first-order valence-corrected chi connectivity index (χ1v) is 9.96. The fourth-order valence-electron chi connectivity index (χ4n) is 3.58. The highest BCUT2D eigenvalue weighted by molar-refractivity contribution is 5.90. The summed E-state index contributed by atoms with van der Waals surface area (Å²) in [6.07, 6.45) is 5.46. The van der Waals surface area contributed by atoms with Gasteiger partial charge >= 0.3 is 0 Å². The normalized spacial score (nSPS) is 15.4. The highest BCUT2D eigenvalue weighted by Gasteiger charge is 2.22. The Hall–Kier alpha value is -3.06. The highest BCUT2D eigenvalue weighted by atomic mass is 16.2. The summed E-state index contributed by atoms with van der Waals surface area (Å²) in [6, 6.07) is 12.3. The molecule has 3 heterocycles. The Morgan fingerprint density at radius 2 is 1.83 bits per heavy atom. The molecule has 3 aromatic rings. The molecule has 0 atom stereocenters. The third-order valence-corrected chi connectivity index (χ3v) is 5.33. The van der Waals surface area contributed by atoms with Crippen molar-refractivity contribution >= 4 is 22.6 Å². The van der Waals surface area contributed by atoms with E-state index in [4.69, 9.17) is 9.97 Å². The molecule has 1 N–H and O–H groups in total. The maximum atomic E-state index is 11.9. The number of nitrogens with one attached hydrogen (secondary N) is 1. The standard InChI is InChI=1S/C22H26N6O/c1-27(2)20(29)15-28-13-9-17(10-14-28)24-22-18-5-3-4-6-19(18)25-21(26-22)16-7-11-23-12-8-16/h3-8,11-12,17H,9-10,13-15H2,1-2H3,(H,24,25,26). The monoisotopic (exact) mass is 390 g/mol. The predicted molar refractivity (Wildman–Crippen MR) is 115 cm³/mol. The highest BCUT2D eigenvalue weighted by Crippen LogP contribution is 2.26. The van der Waals surface area contributed by atoms with Gasteiger partial charge in [-0.3, -0.25) is 14.7 Å². The Bertz CT molecular complexity index is 983. The van der Waals surface area contributed by atoms with E-state index in [0.717, 1.165) is 48.2 Å². The van der Waals surface area contributed by atoms with Crippen LogP contribution < -0.4 is 5.32 Å². The lowest BCUT2D eigenvalue weighted by atomic mass is 10.0. The van der Waals surface area contributed by atoms with Gasteiger partial charge in [0.15, 0.2) is 5.82 Å². The molecule has 7 heteroatoms. The molecule has 1 saturated heterocycles. The van der Waals surface area contributed by atoms with Crippen LogP contribution in [0.5, 0.6) is 0 Å². The van der Waals surface area contributed by atoms with Crippen molar-refractivity contribution in [2.24, 2.45) is 0 Å². The van der Waals surface area contributed by atoms with Crippen LogP contribution >= 0.6 is 0 Å². The van der Waals surface area contributed by atoms with E-state index in [0.29, 0.717) is 18.4 Å². The second-order valence-electron chi connectivity index (χ2n) is 7.63. The van der Waals surface area contributed by atoms with Crippen LogP contribution in [-0.2, 0) is 4.79 Å². The average molecular weight is 390 g/mol.